The predicted octanol–water partition coefficient (Wildman–Crippen LogP) is 4.35. The van der Waals surface area contributed by atoms with Gasteiger partial charge in [-0.2, -0.15) is 0 Å². The van der Waals surface area contributed by atoms with E-state index in [1.165, 1.54) is 11.3 Å². The first-order valence-electron chi connectivity index (χ1n) is 13.2. The fraction of sp³-hybridized carbons (Fsp3) is 0.219. The Morgan fingerprint density at radius 1 is 0.951 bits per heavy atom. The summed E-state index contributed by atoms with van der Waals surface area (Å²) >= 11 is 1.26. The molecule has 1 aromatic heterocycles. The molecule has 0 saturated heterocycles. The Balaban J connectivity index is 1.77. The number of fused-ring (bicyclic) bond motifs is 1. The number of carbonyl (C=O) groups excluding carboxylic acids is 1. The van der Waals surface area contributed by atoms with Crippen LogP contribution in [-0.4, -0.2) is 38.0 Å². The maximum absolute atomic E-state index is 14.1. The van der Waals surface area contributed by atoms with Crippen molar-refractivity contribution in [2.24, 2.45) is 4.99 Å². The number of ether oxygens (including phenoxy) is 4. The number of nitrogens with zero attached hydrogens (tertiary/aromatic N) is 2. The first-order valence-corrected chi connectivity index (χ1v) is 14.0. The van der Waals surface area contributed by atoms with Gasteiger partial charge in [0, 0.05) is 5.56 Å². The van der Waals surface area contributed by atoms with E-state index in [-0.39, 0.29) is 12.2 Å². The number of hydrogen-bond donors (Lipinski definition) is 0. The van der Waals surface area contributed by atoms with Gasteiger partial charge in [-0.15, -0.1) is 0 Å². The molecule has 0 amide bonds. The van der Waals surface area contributed by atoms with Crippen LogP contribution in [0.4, 0.5) is 0 Å². The third-order valence-electron chi connectivity index (χ3n) is 6.59. The molecule has 9 heteroatoms. The Morgan fingerprint density at radius 2 is 1.71 bits per heavy atom. The van der Waals surface area contributed by atoms with Gasteiger partial charge in [-0.3, -0.25) is 9.36 Å². The molecule has 0 saturated carbocycles. The van der Waals surface area contributed by atoms with Crippen LogP contribution in [0.5, 0.6) is 17.2 Å². The molecule has 3 aromatic carbocycles. The zero-order valence-electron chi connectivity index (χ0n) is 23.2. The fourth-order valence-corrected chi connectivity index (χ4v) is 5.75. The Labute approximate surface area is 241 Å². The second-order valence-corrected chi connectivity index (χ2v) is 10.1. The molecule has 210 valence electrons. The summed E-state index contributed by atoms with van der Waals surface area (Å²) < 4.78 is 24.0. The molecule has 0 radical (unpaired) electrons. The van der Waals surface area contributed by atoms with Crippen LogP contribution in [0.15, 0.2) is 88.2 Å². The molecule has 1 aliphatic heterocycles. The van der Waals surface area contributed by atoms with Crippen molar-refractivity contribution in [3.63, 3.8) is 0 Å². The third-order valence-corrected chi connectivity index (χ3v) is 7.57. The van der Waals surface area contributed by atoms with Crippen molar-refractivity contribution in [3.05, 3.63) is 115 Å². The van der Waals surface area contributed by atoms with E-state index in [1.54, 1.807) is 37.9 Å². The molecule has 0 bridgehead atoms. The lowest BCUT2D eigenvalue weighted by atomic mass is 9.93. The van der Waals surface area contributed by atoms with Gasteiger partial charge in [0.1, 0.15) is 5.75 Å². The second-order valence-electron chi connectivity index (χ2n) is 9.05. The van der Waals surface area contributed by atoms with Crippen LogP contribution >= 0.6 is 11.3 Å². The summed E-state index contributed by atoms with van der Waals surface area (Å²) in [5, 5.41) is 0. The number of benzene rings is 3. The molecule has 8 nitrogen and oxygen atoms in total. The van der Waals surface area contributed by atoms with Gasteiger partial charge in [0.2, 0.25) is 0 Å². The zero-order valence-corrected chi connectivity index (χ0v) is 24.1. The Hall–Kier alpha value is -4.63. The van der Waals surface area contributed by atoms with E-state index in [9.17, 15) is 9.59 Å². The maximum Gasteiger partial charge on any atom is 0.338 e. The van der Waals surface area contributed by atoms with E-state index in [2.05, 4.69) is 0 Å². The third kappa shape index (κ3) is 5.53. The van der Waals surface area contributed by atoms with E-state index in [0.717, 1.165) is 16.7 Å². The topological polar surface area (TPSA) is 88.4 Å². The Bertz CT molecular complexity index is 1770. The normalized spacial score (nSPS) is 14.7. The van der Waals surface area contributed by atoms with Gasteiger partial charge in [-0.25, -0.2) is 9.79 Å². The number of aromatic nitrogens is 1. The Morgan fingerprint density at radius 3 is 2.37 bits per heavy atom. The zero-order chi connectivity index (χ0) is 28.9. The van der Waals surface area contributed by atoms with Gasteiger partial charge in [0.25, 0.3) is 5.56 Å². The molecule has 0 fully saturated rings. The number of hydrogen-bond acceptors (Lipinski definition) is 8. The summed E-state index contributed by atoms with van der Waals surface area (Å²) in [4.78, 5) is 33.0. The molecular formula is C32H30N2O6S. The average Bonchev–Trinajstić information content (AvgIpc) is 3.31. The van der Waals surface area contributed by atoms with Crippen LogP contribution in [0, 0.1) is 0 Å². The summed E-state index contributed by atoms with van der Waals surface area (Å²) in [6, 6.07) is 21.5. The first-order chi connectivity index (χ1) is 20.0. The van der Waals surface area contributed by atoms with E-state index >= 15 is 0 Å². The predicted molar refractivity (Wildman–Crippen MR) is 158 cm³/mol. The van der Waals surface area contributed by atoms with Gasteiger partial charge in [0.15, 0.2) is 16.3 Å². The minimum atomic E-state index is -0.761. The quantitative estimate of drug-likeness (QED) is 0.278. The lowest BCUT2D eigenvalue weighted by Gasteiger charge is -2.26. The van der Waals surface area contributed by atoms with Crippen LogP contribution in [0.2, 0.25) is 0 Å². The number of thiazole rings is 1. The SMILES string of the molecule is CCOC(=O)C1=C(c2ccccc2)N=c2s/c(=C\c3ccc(OC)c(OCC)c3)c(=O)n2[C@@H]1c1ccc(OC)cc1. The molecule has 2 heterocycles. The summed E-state index contributed by atoms with van der Waals surface area (Å²) in [6.45, 7) is 4.31. The van der Waals surface area contributed by atoms with Gasteiger partial charge < -0.3 is 18.9 Å². The second kappa shape index (κ2) is 12.3. The summed E-state index contributed by atoms with van der Waals surface area (Å²) in [7, 11) is 3.17. The average molecular weight is 571 g/mol. The molecule has 5 rings (SSSR count). The number of methoxy groups -OCH3 is 2. The smallest absolute Gasteiger partial charge is 0.338 e. The summed E-state index contributed by atoms with van der Waals surface area (Å²) in [6.07, 6.45) is 1.80. The maximum atomic E-state index is 14.1. The molecular weight excluding hydrogens is 540 g/mol. The molecule has 0 N–H and O–H groups in total. The highest BCUT2D eigenvalue weighted by molar-refractivity contribution is 7.07. The summed E-state index contributed by atoms with van der Waals surface area (Å²) in [5.41, 5.74) is 2.76. The van der Waals surface area contributed by atoms with Gasteiger partial charge >= 0.3 is 5.97 Å². The minimum Gasteiger partial charge on any atom is -0.497 e. The highest BCUT2D eigenvalue weighted by Gasteiger charge is 2.35. The standard InChI is InChI=1S/C32H30N2O6S/c1-5-39-25-18-20(12-17-24(25)38-4)19-26-30(35)34-29(22-13-15-23(37-3)16-14-22)27(31(36)40-6-2)28(33-32(34)41-26)21-10-8-7-9-11-21/h7-19,29H,5-6H2,1-4H3/b26-19-/t29-/m1/s1. The van der Waals surface area contributed by atoms with Crippen LogP contribution < -0.4 is 29.1 Å². The summed E-state index contributed by atoms with van der Waals surface area (Å²) in [5.74, 6) is 1.33. The Kier molecular flexibility index (Phi) is 8.35. The molecule has 1 aliphatic rings. The van der Waals surface area contributed by atoms with E-state index < -0.39 is 12.0 Å². The molecule has 0 unspecified atom stereocenters. The molecule has 4 aromatic rings. The highest BCUT2D eigenvalue weighted by atomic mass is 32.1. The monoisotopic (exact) mass is 570 g/mol. The van der Waals surface area contributed by atoms with Crippen molar-refractivity contribution in [2.45, 2.75) is 19.9 Å². The van der Waals surface area contributed by atoms with Crippen molar-refractivity contribution >= 4 is 29.1 Å². The van der Waals surface area contributed by atoms with E-state index in [1.807, 2.05) is 73.7 Å². The molecule has 0 aliphatic carbocycles. The van der Waals surface area contributed by atoms with Crippen molar-refractivity contribution in [1.29, 1.82) is 0 Å². The minimum absolute atomic E-state index is 0.184. The van der Waals surface area contributed by atoms with Gasteiger partial charge in [-0.1, -0.05) is 59.9 Å². The fourth-order valence-electron chi connectivity index (χ4n) is 4.74. The van der Waals surface area contributed by atoms with Crippen molar-refractivity contribution in [3.8, 4) is 17.2 Å². The lowest BCUT2D eigenvalue weighted by molar-refractivity contribution is -0.138. The van der Waals surface area contributed by atoms with E-state index in [4.69, 9.17) is 23.9 Å². The lowest BCUT2D eigenvalue weighted by Crippen LogP contribution is -2.40. The van der Waals surface area contributed by atoms with Crippen molar-refractivity contribution in [1.82, 2.24) is 4.57 Å². The van der Waals surface area contributed by atoms with Gasteiger partial charge in [0.05, 0.1) is 49.3 Å². The molecule has 0 spiro atoms. The van der Waals surface area contributed by atoms with Crippen LogP contribution in [0.3, 0.4) is 0 Å². The highest BCUT2D eigenvalue weighted by Crippen LogP contribution is 2.35. The van der Waals surface area contributed by atoms with Crippen molar-refractivity contribution < 1.29 is 23.7 Å². The first kappa shape index (κ1) is 27.9. The number of rotatable bonds is 9. The van der Waals surface area contributed by atoms with Gasteiger partial charge in [-0.05, 0) is 55.3 Å². The largest absolute Gasteiger partial charge is 0.497 e. The van der Waals surface area contributed by atoms with Crippen LogP contribution in [0.1, 0.15) is 36.6 Å². The molecule has 41 heavy (non-hydrogen) atoms. The number of carbonyl (C=O) groups is 1. The molecule has 1 atom stereocenters. The van der Waals surface area contributed by atoms with Crippen LogP contribution in [-0.2, 0) is 9.53 Å². The van der Waals surface area contributed by atoms with E-state index in [0.29, 0.717) is 44.5 Å². The number of esters is 1. The van der Waals surface area contributed by atoms with Crippen molar-refractivity contribution in [2.75, 3.05) is 27.4 Å². The van der Waals surface area contributed by atoms with Crippen LogP contribution in [0.25, 0.3) is 11.8 Å².